The Morgan fingerprint density at radius 2 is 0.625 bits per heavy atom. The van der Waals surface area contributed by atoms with Crippen molar-refractivity contribution in [2.24, 2.45) is 0 Å². The topological polar surface area (TPSA) is 78.9 Å². The van der Waals surface area contributed by atoms with Gasteiger partial charge in [0.2, 0.25) is 0 Å². The second-order valence-corrected chi connectivity index (χ2v) is 17.0. The summed E-state index contributed by atoms with van der Waals surface area (Å²) in [5, 5.41) is 0. The molecule has 64 heavy (non-hydrogen) atoms. The lowest BCUT2D eigenvalue weighted by atomic mass is 10.1. The lowest BCUT2D eigenvalue weighted by Gasteiger charge is -2.18. The molecule has 0 aromatic carbocycles. The maximum Gasteiger partial charge on any atom is 0.306 e. The average molecular weight is 889 g/mol. The van der Waals surface area contributed by atoms with E-state index in [0.717, 1.165) is 83.5 Å². The van der Waals surface area contributed by atoms with Crippen LogP contribution in [0.2, 0.25) is 0 Å². The number of hydrogen-bond acceptors (Lipinski definition) is 6. The van der Waals surface area contributed by atoms with Crippen molar-refractivity contribution in [2.75, 3.05) is 13.2 Å². The van der Waals surface area contributed by atoms with Crippen LogP contribution in [0.5, 0.6) is 0 Å². The van der Waals surface area contributed by atoms with E-state index in [4.69, 9.17) is 14.2 Å². The summed E-state index contributed by atoms with van der Waals surface area (Å²) in [6, 6.07) is 0. The maximum atomic E-state index is 12.8. The number of unbranched alkanes of at least 4 members (excludes halogenated alkanes) is 19. The molecule has 0 heterocycles. The van der Waals surface area contributed by atoms with Gasteiger partial charge in [-0.25, -0.2) is 0 Å². The van der Waals surface area contributed by atoms with Crippen LogP contribution in [-0.2, 0) is 28.6 Å². The van der Waals surface area contributed by atoms with Crippen molar-refractivity contribution >= 4 is 17.9 Å². The molecule has 0 bridgehead atoms. The summed E-state index contributed by atoms with van der Waals surface area (Å²) in [6.07, 6.45) is 68.3. The van der Waals surface area contributed by atoms with Crippen molar-refractivity contribution < 1.29 is 28.6 Å². The number of allylic oxidation sites excluding steroid dienone is 16. The van der Waals surface area contributed by atoms with Gasteiger partial charge in [0.25, 0.3) is 0 Å². The van der Waals surface area contributed by atoms with Gasteiger partial charge in [0.1, 0.15) is 13.2 Å². The molecule has 1 unspecified atom stereocenters. The first kappa shape index (κ1) is 60.3. The highest BCUT2D eigenvalue weighted by Crippen LogP contribution is 2.13. The minimum absolute atomic E-state index is 0.117. The lowest BCUT2D eigenvalue weighted by Crippen LogP contribution is -2.30. The Labute approximate surface area is 394 Å². The normalized spacial score (nSPS) is 12.9. The third-order valence-electron chi connectivity index (χ3n) is 10.8. The van der Waals surface area contributed by atoms with Gasteiger partial charge in [-0.3, -0.25) is 14.4 Å². The van der Waals surface area contributed by atoms with Crippen molar-refractivity contribution in [3.63, 3.8) is 0 Å². The zero-order chi connectivity index (χ0) is 46.5. The van der Waals surface area contributed by atoms with E-state index in [-0.39, 0.29) is 37.5 Å². The van der Waals surface area contributed by atoms with E-state index < -0.39 is 6.10 Å². The molecule has 0 aliphatic carbocycles. The predicted molar refractivity (Wildman–Crippen MR) is 274 cm³/mol. The van der Waals surface area contributed by atoms with E-state index in [0.29, 0.717) is 19.3 Å². The first-order chi connectivity index (χ1) is 31.5. The molecule has 1 atom stereocenters. The van der Waals surface area contributed by atoms with Crippen LogP contribution in [0.3, 0.4) is 0 Å². The second-order valence-electron chi connectivity index (χ2n) is 17.0. The molecule has 0 aromatic heterocycles. The van der Waals surface area contributed by atoms with Crippen LogP contribution in [-0.4, -0.2) is 37.2 Å². The largest absolute Gasteiger partial charge is 0.462 e. The summed E-state index contributed by atoms with van der Waals surface area (Å²) in [5.41, 5.74) is 0. The fourth-order valence-corrected chi connectivity index (χ4v) is 6.85. The molecule has 0 amide bonds. The van der Waals surface area contributed by atoms with Crippen molar-refractivity contribution in [1.29, 1.82) is 0 Å². The molecule has 364 valence electrons. The Bertz CT molecular complexity index is 1300. The number of carbonyl (C=O) groups is 3. The molecule has 0 aliphatic rings. The van der Waals surface area contributed by atoms with Crippen LogP contribution in [0.4, 0.5) is 0 Å². The number of ether oxygens (including phenoxy) is 3. The van der Waals surface area contributed by atoms with Gasteiger partial charge in [0, 0.05) is 19.3 Å². The van der Waals surface area contributed by atoms with Gasteiger partial charge in [-0.2, -0.15) is 0 Å². The zero-order valence-electron chi connectivity index (χ0n) is 41.5. The van der Waals surface area contributed by atoms with Gasteiger partial charge in [-0.1, -0.05) is 195 Å². The molecule has 0 fully saturated rings. The van der Waals surface area contributed by atoms with Gasteiger partial charge in [0.05, 0.1) is 0 Å². The van der Waals surface area contributed by atoms with E-state index in [1.54, 1.807) is 0 Å². The van der Waals surface area contributed by atoms with E-state index in [9.17, 15) is 14.4 Å². The molecule has 0 N–H and O–H groups in total. The summed E-state index contributed by atoms with van der Waals surface area (Å²) in [4.78, 5) is 38.0. The summed E-state index contributed by atoms with van der Waals surface area (Å²) in [5.74, 6) is -1.02. The molecule has 0 radical (unpaired) electrons. The van der Waals surface area contributed by atoms with E-state index >= 15 is 0 Å². The number of hydrogen-bond donors (Lipinski definition) is 0. The number of carbonyl (C=O) groups excluding carboxylic acids is 3. The fourth-order valence-electron chi connectivity index (χ4n) is 6.85. The Hall–Kier alpha value is -3.67. The molecule has 0 rings (SSSR count). The monoisotopic (exact) mass is 889 g/mol. The van der Waals surface area contributed by atoms with Crippen molar-refractivity contribution in [2.45, 2.75) is 239 Å². The van der Waals surface area contributed by atoms with Gasteiger partial charge in [0.15, 0.2) is 6.10 Å². The highest BCUT2D eigenvalue weighted by Gasteiger charge is 2.19. The van der Waals surface area contributed by atoms with E-state index in [1.165, 1.54) is 103 Å². The summed E-state index contributed by atoms with van der Waals surface area (Å²) in [6.45, 7) is 6.40. The second kappa shape index (κ2) is 52.0. The highest BCUT2D eigenvalue weighted by molar-refractivity contribution is 5.71. The maximum absolute atomic E-state index is 12.8. The van der Waals surface area contributed by atoms with Crippen LogP contribution in [0, 0.1) is 0 Å². The molecule has 0 saturated carbocycles. The highest BCUT2D eigenvalue weighted by atomic mass is 16.6. The Balaban J connectivity index is 4.51. The standard InChI is InChI=1S/C58H96O6/c1-4-7-10-13-16-19-22-25-27-29-31-33-36-39-42-45-48-51-57(60)63-54-55(53-62-56(59)50-47-44-41-38-35-24-21-18-15-12-9-6-3)64-58(61)52-49-46-43-40-37-34-32-30-28-26-23-20-17-14-11-8-5-2/h9,12,16,18-19,21,25-28,31,33,35,38-39,42,55H,4-8,10-11,13-15,17,20,22-24,29-30,32,34,36-37,40-41,43-54H2,1-3H3/b12-9-,19-16-,21-18-,27-25-,28-26-,33-31-,38-35-,42-39-. The summed E-state index contributed by atoms with van der Waals surface area (Å²) in [7, 11) is 0. The van der Waals surface area contributed by atoms with Crippen LogP contribution in [0.1, 0.15) is 233 Å². The third kappa shape index (κ3) is 49.3. The van der Waals surface area contributed by atoms with E-state index in [1.807, 2.05) is 0 Å². The third-order valence-corrected chi connectivity index (χ3v) is 10.8. The molecule has 6 nitrogen and oxygen atoms in total. The van der Waals surface area contributed by atoms with Crippen LogP contribution < -0.4 is 0 Å². The van der Waals surface area contributed by atoms with Gasteiger partial charge in [-0.05, 0) is 116 Å². The van der Waals surface area contributed by atoms with Gasteiger partial charge in [-0.15, -0.1) is 0 Å². The summed E-state index contributed by atoms with van der Waals surface area (Å²) >= 11 is 0. The van der Waals surface area contributed by atoms with Gasteiger partial charge >= 0.3 is 17.9 Å². The Morgan fingerprint density at radius 3 is 1.09 bits per heavy atom. The quantitative estimate of drug-likeness (QED) is 0.0262. The average Bonchev–Trinajstić information content (AvgIpc) is 3.29. The molecule has 0 spiro atoms. The van der Waals surface area contributed by atoms with Crippen LogP contribution in [0.15, 0.2) is 97.2 Å². The van der Waals surface area contributed by atoms with Crippen molar-refractivity contribution in [3.05, 3.63) is 97.2 Å². The van der Waals surface area contributed by atoms with Gasteiger partial charge < -0.3 is 14.2 Å². The minimum Gasteiger partial charge on any atom is -0.462 e. The lowest BCUT2D eigenvalue weighted by molar-refractivity contribution is -0.167. The van der Waals surface area contributed by atoms with Crippen LogP contribution >= 0.6 is 0 Å². The van der Waals surface area contributed by atoms with Crippen molar-refractivity contribution in [3.8, 4) is 0 Å². The Morgan fingerprint density at radius 1 is 0.328 bits per heavy atom. The summed E-state index contributed by atoms with van der Waals surface area (Å²) < 4.78 is 16.7. The predicted octanol–water partition coefficient (Wildman–Crippen LogP) is 17.4. The minimum atomic E-state index is -0.817. The SMILES string of the molecule is CC/C=C\C/C=C\C/C=C\CCCCC(=O)OCC(COC(=O)CCC/C=C\C/C=C\C/C=C\C/C=C\CCCCC)OC(=O)CCCCCCCCC/C=C\CCCCCCCC. The van der Waals surface area contributed by atoms with E-state index in [2.05, 4.69) is 118 Å². The van der Waals surface area contributed by atoms with Crippen LogP contribution in [0.25, 0.3) is 0 Å². The molecular formula is C58H96O6. The van der Waals surface area contributed by atoms with Crippen molar-refractivity contribution in [1.82, 2.24) is 0 Å². The number of rotatable bonds is 46. The first-order valence-corrected chi connectivity index (χ1v) is 26.2. The smallest absolute Gasteiger partial charge is 0.306 e. The first-order valence-electron chi connectivity index (χ1n) is 26.2. The number of esters is 3. The zero-order valence-corrected chi connectivity index (χ0v) is 41.5. The fraction of sp³-hybridized carbons (Fsp3) is 0.672. The molecule has 0 saturated heterocycles. The molecule has 0 aliphatic heterocycles. The molecule has 0 aromatic rings. The molecular weight excluding hydrogens is 793 g/mol. The molecule has 6 heteroatoms. The Kier molecular flexibility index (Phi) is 49.0.